The van der Waals surface area contributed by atoms with Crippen molar-refractivity contribution in [1.82, 2.24) is 19.9 Å². The Morgan fingerprint density at radius 1 is 1.29 bits per heavy atom. The second kappa shape index (κ2) is 8.53. The van der Waals surface area contributed by atoms with E-state index in [-0.39, 0.29) is 0 Å². The molecule has 6 nitrogen and oxygen atoms in total. The summed E-state index contributed by atoms with van der Waals surface area (Å²) in [7, 11) is 0.620. The monoisotopic (exact) mass is 316 g/mol. The summed E-state index contributed by atoms with van der Waals surface area (Å²) in [5, 5.41) is 3.25. The van der Waals surface area contributed by atoms with Crippen molar-refractivity contribution in [2.75, 3.05) is 27.2 Å². The highest BCUT2D eigenvalue weighted by Crippen LogP contribution is 2.10. The maximum atomic E-state index is 12.1. The van der Waals surface area contributed by atoms with Crippen LogP contribution in [0.5, 0.6) is 0 Å². The smallest absolute Gasteiger partial charge is 0.242 e. The van der Waals surface area contributed by atoms with Crippen molar-refractivity contribution in [1.29, 1.82) is 0 Å². The minimum absolute atomic E-state index is 0.302. The molecule has 1 aromatic heterocycles. The Kier molecular flexibility index (Phi) is 7.37. The van der Waals surface area contributed by atoms with Gasteiger partial charge in [0.15, 0.2) is 0 Å². The van der Waals surface area contributed by atoms with Gasteiger partial charge in [-0.3, -0.25) is 0 Å². The van der Waals surface area contributed by atoms with Crippen molar-refractivity contribution in [3.8, 4) is 0 Å². The van der Waals surface area contributed by atoms with Crippen LogP contribution in [0.2, 0.25) is 0 Å². The molecule has 7 heteroatoms. The highest BCUT2D eigenvalue weighted by Gasteiger charge is 2.15. The second-order valence-electron chi connectivity index (χ2n) is 5.80. The lowest BCUT2D eigenvalue weighted by atomic mass is 10.3. The van der Waals surface area contributed by atoms with Crippen LogP contribution >= 0.6 is 0 Å². The first kappa shape index (κ1) is 18.2. The van der Waals surface area contributed by atoms with Crippen LogP contribution in [0.4, 0.5) is 0 Å². The Bertz CT molecular complexity index is 509. The lowest BCUT2D eigenvalue weighted by Crippen LogP contribution is -2.25. The van der Waals surface area contributed by atoms with E-state index in [4.69, 9.17) is 0 Å². The molecule has 0 bridgehead atoms. The van der Waals surface area contributed by atoms with E-state index in [0.29, 0.717) is 24.0 Å². The van der Waals surface area contributed by atoms with Crippen molar-refractivity contribution < 1.29 is 8.42 Å². The Morgan fingerprint density at radius 2 is 2.00 bits per heavy atom. The molecule has 1 heterocycles. The molecule has 3 N–H and O–H groups in total. The molecule has 0 aromatic carbocycles. The first-order chi connectivity index (χ1) is 9.81. The third-order valence-electron chi connectivity index (χ3n) is 3.05. The number of rotatable bonds is 10. The number of aromatic nitrogens is 1. The summed E-state index contributed by atoms with van der Waals surface area (Å²) in [5.41, 5.74) is 0.872. The molecule has 1 aromatic rings. The fourth-order valence-electron chi connectivity index (χ4n) is 1.83. The first-order valence-corrected chi connectivity index (χ1v) is 8.84. The molecule has 21 heavy (non-hydrogen) atoms. The van der Waals surface area contributed by atoms with Crippen LogP contribution < -0.4 is 10.0 Å². The van der Waals surface area contributed by atoms with Gasteiger partial charge in [0.2, 0.25) is 10.0 Å². The molecular formula is C14H28N4O2S. The van der Waals surface area contributed by atoms with Gasteiger partial charge in [0.1, 0.15) is 0 Å². The highest BCUT2D eigenvalue weighted by atomic mass is 32.2. The van der Waals surface area contributed by atoms with E-state index in [9.17, 15) is 8.42 Å². The standard InChI is InChI=1S/C14H28N4O2S/c1-12(2)15-10-13-9-14(11-16-13)21(19,20)17-7-5-6-8-18(3)4/h9,11-12,15-17H,5-8,10H2,1-4H3. The molecule has 0 atom stereocenters. The van der Waals surface area contributed by atoms with Gasteiger partial charge < -0.3 is 15.2 Å². The predicted octanol–water partition coefficient (Wildman–Crippen LogP) is 1.13. The zero-order valence-electron chi connectivity index (χ0n) is 13.4. The van der Waals surface area contributed by atoms with Gasteiger partial charge in [0.05, 0.1) is 4.90 Å². The molecule has 0 fully saturated rings. The Hall–Kier alpha value is -0.890. The van der Waals surface area contributed by atoms with E-state index < -0.39 is 10.0 Å². The van der Waals surface area contributed by atoms with E-state index in [2.05, 4.69) is 33.8 Å². The third-order valence-corrected chi connectivity index (χ3v) is 4.49. The highest BCUT2D eigenvalue weighted by molar-refractivity contribution is 7.89. The summed E-state index contributed by atoms with van der Waals surface area (Å²) in [6.45, 7) is 6.18. The zero-order valence-corrected chi connectivity index (χ0v) is 14.3. The molecule has 122 valence electrons. The normalized spacial score (nSPS) is 12.5. The van der Waals surface area contributed by atoms with Crippen LogP contribution in [0.1, 0.15) is 32.4 Å². The van der Waals surface area contributed by atoms with Gasteiger partial charge in [-0.05, 0) is 39.5 Å². The van der Waals surface area contributed by atoms with E-state index >= 15 is 0 Å². The van der Waals surface area contributed by atoms with Crippen LogP contribution in [0.15, 0.2) is 17.2 Å². The molecule has 0 aliphatic rings. The van der Waals surface area contributed by atoms with Crippen molar-refractivity contribution in [3.63, 3.8) is 0 Å². The summed E-state index contributed by atoms with van der Waals surface area (Å²) in [6.07, 6.45) is 3.36. The summed E-state index contributed by atoms with van der Waals surface area (Å²) >= 11 is 0. The number of hydrogen-bond donors (Lipinski definition) is 3. The molecule has 0 aliphatic carbocycles. The maximum absolute atomic E-state index is 12.1. The number of nitrogens with one attached hydrogen (secondary N) is 3. The van der Waals surface area contributed by atoms with Gasteiger partial charge in [-0.15, -0.1) is 0 Å². The number of sulfonamides is 1. The number of hydrogen-bond acceptors (Lipinski definition) is 4. The molecule has 0 saturated heterocycles. The number of nitrogens with zero attached hydrogens (tertiary/aromatic N) is 1. The van der Waals surface area contributed by atoms with Crippen LogP contribution in [0, 0.1) is 0 Å². The lowest BCUT2D eigenvalue weighted by Gasteiger charge is -2.09. The molecular weight excluding hydrogens is 288 g/mol. The quantitative estimate of drug-likeness (QED) is 0.566. The topological polar surface area (TPSA) is 77.2 Å². The van der Waals surface area contributed by atoms with Gasteiger partial charge >= 0.3 is 0 Å². The SMILES string of the molecule is CC(C)NCc1cc(S(=O)(=O)NCCCCN(C)C)c[nH]1. The van der Waals surface area contributed by atoms with Crippen LogP contribution in [0.25, 0.3) is 0 Å². The molecule has 0 unspecified atom stereocenters. The van der Waals surface area contributed by atoms with E-state index in [0.717, 1.165) is 25.1 Å². The summed E-state index contributed by atoms with van der Waals surface area (Å²) < 4.78 is 26.9. The summed E-state index contributed by atoms with van der Waals surface area (Å²) in [4.78, 5) is 5.39. The Morgan fingerprint density at radius 3 is 2.62 bits per heavy atom. The molecule has 0 aliphatic heterocycles. The number of unbranched alkanes of at least 4 members (excludes halogenated alkanes) is 1. The van der Waals surface area contributed by atoms with E-state index in [1.807, 2.05) is 14.1 Å². The van der Waals surface area contributed by atoms with Gasteiger partial charge in [-0.2, -0.15) is 0 Å². The fraction of sp³-hybridized carbons (Fsp3) is 0.714. The van der Waals surface area contributed by atoms with Crippen molar-refractivity contribution in [2.45, 2.75) is 44.2 Å². The van der Waals surface area contributed by atoms with Crippen molar-refractivity contribution >= 4 is 10.0 Å². The maximum Gasteiger partial charge on any atom is 0.242 e. The average molecular weight is 316 g/mol. The van der Waals surface area contributed by atoms with E-state index in [1.165, 1.54) is 0 Å². The lowest BCUT2D eigenvalue weighted by molar-refractivity contribution is 0.394. The molecule has 0 saturated carbocycles. The number of aromatic amines is 1. The van der Waals surface area contributed by atoms with Crippen molar-refractivity contribution in [3.05, 3.63) is 18.0 Å². The van der Waals surface area contributed by atoms with Gasteiger partial charge in [0.25, 0.3) is 0 Å². The zero-order chi connectivity index (χ0) is 15.9. The molecule has 1 rings (SSSR count). The number of H-pyrrole nitrogens is 1. The summed E-state index contributed by atoms with van der Waals surface area (Å²) in [6, 6.07) is 2.04. The largest absolute Gasteiger partial charge is 0.363 e. The third kappa shape index (κ3) is 7.08. The fourth-order valence-corrected chi connectivity index (χ4v) is 2.92. The van der Waals surface area contributed by atoms with Gasteiger partial charge in [-0.25, -0.2) is 13.1 Å². The minimum Gasteiger partial charge on any atom is -0.363 e. The van der Waals surface area contributed by atoms with E-state index in [1.54, 1.807) is 12.3 Å². The first-order valence-electron chi connectivity index (χ1n) is 7.36. The molecule has 0 amide bonds. The van der Waals surface area contributed by atoms with Gasteiger partial charge in [-0.1, -0.05) is 13.8 Å². The van der Waals surface area contributed by atoms with Gasteiger partial charge in [0, 0.05) is 31.0 Å². The van der Waals surface area contributed by atoms with Crippen LogP contribution in [-0.4, -0.2) is 51.5 Å². The summed E-state index contributed by atoms with van der Waals surface area (Å²) in [5.74, 6) is 0. The Labute approximate surface area is 128 Å². The molecule has 0 spiro atoms. The Balaban J connectivity index is 2.43. The molecule has 0 radical (unpaired) electrons. The van der Waals surface area contributed by atoms with Crippen LogP contribution in [0.3, 0.4) is 0 Å². The average Bonchev–Trinajstić information content (AvgIpc) is 2.85. The second-order valence-corrected chi connectivity index (χ2v) is 7.57. The predicted molar refractivity (Wildman–Crippen MR) is 85.7 cm³/mol. The van der Waals surface area contributed by atoms with Crippen molar-refractivity contribution in [2.24, 2.45) is 0 Å². The minimum atomic E-state index is -3.40. The van der Waals surface area contributed by atoms with Crippen LogP contribution in [-0.2, 0) is 16.6 Å².